The van der Waals surface area contributed by atoms with Gasteiger partial charge in [0.25, 0.3) is 0 Å². The number of carbonyl (C=O) groups is 2. The van der Waals surface area contributed by atoms with Crippen molar-refractivity contribution < 1.29 is 14.0 Å². The largest absolute Gasteiger partial charge is 0.420 e. The van der Waals surface area contributed by atoms with Crippen LogP contribution in [-0.4, -0.2) is 45.9 Å². The van der Waals surface area contributed by atoms with E-state index in [-0.39, 0.29) is 25.0 Å². The summed E-state index contributed by atoms with van der Waals surface area (Å²) in [4.78, 5) is 40.9. The molecule has 1 aliphatic carbocycles. The highest BCUT2D eigenvalue weighted by Gasteiger charge is 2.38. The summed E-state index contributed by atoms with van der Waals surface area (Å²) in [5.41, 5.74) is 2.49. The average molecular weight is 419 g/mol. The summed E-state index contributed by atoms with van der Waals surface area (Å²) in [5.74, 6) is 0.225. The Hall–Kier alpha value is -3.35. The molecule has 7 heteroatoms. The van der Waals surface area contributed by atoms with Crippen LogP contribution in [0.5, 0.6) is 0 Å². The summed E-state index contributed by atoms with van der Waals surface area (Å²) in [5, 5.41) is 0. The standard InChI is InChI=1S/C24H25N3O4/c28-22-12-13-25(16-18-10-11-19(18)17-6-2-1-3-7-17)23(29)27(22)15-14-26-20-8-4-5-9-21(20)31-24(26)30/h1-9,18-19H,10-16H2. The van der Waals surface area contributed by atoms with Gasteiger partial charge in [-0.05, 0) is 42.4 Å². The van der Waals surface area contributed by atoms with Crippen LogP contribution in [0.25, 0.3) is 11.1 Å². The Kier molecular flexibility index (Phi) is 5.10. The number of fused-ring (bicyclic) bond motifs is 1. The van der Waals surface area contributed by atoms with Gasteiger partial charge in [0.1, 0.15) is 0 Å². The molecule has 5 rings (SSSR count). The Morgan fingerprint density at radius 3 is 2.45 bits per heavy atom. The zero-order chi connectivity index (χ0) is 21.4. The first-order valence-electron chi connectivity index (χ1n) is 10.8. The molecule has 2 heterocycles. The van der Waals surface area contributed by atoms with E-state index in [0.29, 0.717) is 42.4 Å². The van der Waals surface area contributed by atoms with Gasteiger partial charge < -0.3 is 9.32 Å². The summed E-state index contributed by atoms with van der Waals surface area (Å²) >= 11 is 0. The Labute approximate surface area is 179 Å². The van der Waals surface area contributed by atoms with Gasteiger partial charge in [-0.1, -0.05) is 42.5 Å². The number of rotatable bonds is 6. The number of para-hydroxylation sites is 2. The molecule has 1 saturated heterocycles. The van der Waals surface area contributed by atoms with Gasteiger partial charge >= 0.3 is 11.8 Å². The maximum Gasteiger partial charge on any atom is 0.420 e. The van der Waals surface area contributed by atoms with Crippen LogP contribution in [0.1, 0.15) is 30.7 Å². The zero-order valence-electron chi connectivity index (χ0n) is 17.3. The molecule has 7 nitrogen and oxygen atoms in total. The van der Waals surface area contributed by atoms with E-state index in [9.17, 15) is 14.4 Å². The van der Waals surface area contributed by atoms with Crippen LogP contribution in [0, 0.1) is 5.92 Å². The number of nitrogens with zero attached hydrogens (tertiary/aromatic N) is 3. The Balaban J connectivity index is 1.26. The fourth-order valence-corrected chi connectivity index (χ4v) is 4.76. The highest BCUT2D eigenvalue weighted by atomic mass is 16.4. The van der Waals surface area contributed by atoms with Crippen molar-refractivity contribution >= 4 is 23.0 Å². The second-order valence-corrected chi connectivity index (χ2v) is 8.37. The van der Waals surface area contributed by atoms with Gasteiger partial charge in [-0.2, -0.15) is 0 Å². The minimum atomic E-state index is -0.477. The second-order valence-electron chi connectivity index (χ2n) is 8.37. The predicted octanol–water partition coefficient (Wildman–Crippen LogP) is 3.44. The third-order valence-corrected chi connectivity index (χ3v) is 6.62. The SMILES string of the molecule is O=C1CCN(CC2CCC2c2ccccc2)C(=O)N1CCn1c(=O)oc2ccccc21. The van der Waals surface area contributed by atoms with E-state index in [0.717, 1.165) is 12.8 Å². The van der Waals surface area contributed by atoms with Crippen molar-refractivity contribution in [1.82, 2.24) is 14.4 Å². The number of aromatic nitrogens is 1. The van der Waals surface area contributed by atoms with E-state index in [1.165, 1.54) is 15.0 Å². The quantitative estimate of drug-likeness (QED) is 0.613. The lowest BCUT2D eigenvalue weighted by Gasteiger charge is -2.42. The summed E-state index contributed by atoms with van der Waals surface area (Å²) in [6.07, 6.45) is 2.54. The average Bonchev–Trinajstić information content (AvgIpc) is 3.08. The molecular weight excluding hydrogens is 394 g/mol. The lowest BCUT2D eigenvalue weighted by molar-refractivity contribution is -0.131. The maximum absolute atomic E-state index is 13.1. The molecule has 3 amide bonds. The molecule has 1 aliphatic heterocycles. The smallest absolute Gasteiger partial charge is 0.408 e. The van der Waals surface area contributed by atoms with Gasteiger partial charge in [0.15, 0.2) is 5.58 Å². The van der Waals surface area contributed by atoms with Crippen LogP contribution in [0.2, 0.25) is 0 Å². The van der Waals surface area contributed by atoms with Crippen molar-refractivity contribution in [2.45, 2.75) is 31.7 Å². The van der Waals surface area contributed by atoms with Crippen molar-refractivity contribution in [1.29, 1.82) is 0 Å². The van der Waals surface area contributed by atoms with Crippen LogP contribution >= 0.6 is 0 Å². The highest BCUT2D eigenvalue weighted by Crippen LogP contribution is 2.43. The number of amides is 3. The van der Waals surface area contributed by atoms with Crippen molar-refractivity contribution in [3.63, 3.8) is 0 Å². The molecule has 2 atom stereocenters. The van der Waals surface area contributed by atoms with Crippen LogP contribution < -0.4 is 5.76 Å². The number of urea groups is 1. The molecule has 1 aromatic heterocycles. The van der Waals surface area contributed by atoms with Crippen LogP contribution in [0.4, 0.5) is 4.79 Å². The van der Waals surface area contributed by atoms with Gasteiger partial charge in [-0.3, -0.25) is 14.3 Å². The van der Waals surface area contributed by atoms with Gasteiger partial charge in [0.2, 0.25) is 5.91 Å². The lowest BCUT2D eigenvalue weighted by atomic mass is 9.70. The first kappa shape index (κ1) is 19.6. The summed E-state index contributed by atoms with van der Waals surface area (Å²) in [6.45, 7) is 1.50. The van der Waals surface area contributed by atoms with Gasteiger partial charge in [-0.25, -0.2) is 9.59 Å². The van der Waals surface area contributed by atoms with E-state index in [1.807, 2.05) is 12.1 Å². The Morgan fingerprint density at radius 1 is 0.903 bits per heavy atom. The number of oxazole rings is 1. The molecular formula is C24H25N3O4. The van der Waals surface area contributed by atoms with Crippen LogP contribution in [0.15, 0.2) is 63.8 Å². The Bertz CT molecular complexity index is 1170. The fraction of sp³-hybridized carbons (Fsp3) is 0.375. The minimum Gasteiger partial charge on any atom is -0.408 e. The number of carbonyl (C=O) groups excluding carboxylic acids is 2. The number of benzene rings is 2. The molecule has 2 unspecified atom stereocenters. The monoisotopic (exact) mass is 419 g/mol. The Morgan fingerprint density at radius 2 is 1.68 bits per heavy atom. The topological polar surface area (TPSA) is 75.8 Å². The molecule has 2 fully saturated rings. The van der Waals surface area contributed by atoms with Gasteiger partial charge in [0.05, 0.1) is 5.52 Å². The molecule has 31 heavy (non-hydrogen) atoms. The fourth-order valence-electron chi connectivity index (χ4n) is 4.76. The maximum atomic E-state index is 13.1. The van der Waals surface area contributed by atoms with E-state index < -0.39 is 5.76 Å². The van der Waals surface area contributed by atoms with E-state index >= 15 is 0 Å². The lowest BCUT2D eigenvalue weighted by Crippen LogP contribution is -2.55. The van der Waals surface area contributed by atoms with Crippen LogP contribution in [0.3, 0.4) is 0 Å². The van der Waals surface area contributed by atoms with E-state index in [4.69, 9.17) is 4.42 Å². The third kappa shape index (κ3) is 3.65. The molecule has 0 spiro atoms. The molecule has 0 radical (unpaired) electrons. The molecule has 3 aromatic rings. The molecule has 2 aromatic carbocycles. The normalized spacial score (nSPS) is 21.5. The van der Waals surface area contributed by atoms with Crippen molar-refractivity contribution in [3.05, 3.63) is 70.7 Å². The zero-order valence-corrected chi connectivity index (χ0v) is 17.3. The van der Waals surface area contributed by atoms with Crippen molar-refractivity contribution in [2.75, 3.05) is 19.6 Å². The molecule has 2 aliphatic rings. The molecule has 0 N–H and O–H groups in total. The third-order valence-electron chi connectivity index (χ3n) is 6.62. The number of imide groups is 1. The van der Waals surface area contributed by atoms with E-state index in [1.54, 1.807) is 23.1 Å². The van der Waals surface area contributed by atoms with Crippen molar-refractivity contribution in [2.24, 2.45) is 5.92 Å². The highest BCUT2D eigenvalue weighted by molar-refractivity contribution is 5.96. The van der Waals surface area contributed by atoms with Crippen LogP contribution in [-0.2, 0) is 11.3 Å². The van der Waals surface area contributed by atoms with Crippen molar-refractivity contribution in [3.8, 4) is 0 Å². The predicted molar refractivity (Wildman–Crippen MR) is 116 cm³/mol. The van der Waals surface area contributed by atoms with Gasteiger partial charge in [0, 0.05) is 32.6 Å². The summed E-state index contributed by atoms with van der Waals surface area (Å²) < 4.78 is 6.73. The summed E-state index contributed by atoms with van der Waals surface area (Å²) in [7, 11) is 0. The first-order valence-corrected chi connectivity index (χ1v) is 10.8. The molecule has 160 valence electrons. The summed E-state index contributed by atoms with van der Waals surface area (Å²) in [6, 6.07) is 17.3. The minimum absolute atomic E-state index is 0.157. The first-order chi connectivity index (χ1) is 15.1. The second kappa shape index (κ2) is 8.06. The van der Waals surface area contributed by atoms with E-state index in [2.05, 4.69) is 24.3 Å². The molecule has 0 bridgehead atoms. The molecule has 1 saturated carbocycles. The van der Waals surface area contributed by atoms with Gasteiger partial charge in [-0.15, -0.1) is 0 Å². The number of hydrogen-bond donors (Lipinski definition) is 0. The number of hydrogen-bond acceptors (Lipinski definition) is 4.